The molecule has 0 unspecified atom stereocenters. The van der Waals surface area contributed by atoms with Gasteiger partial charge < -0.3 is 49.8 Å². The quantitative estimate of drug-likeness (QED) is 0.0453. The average Bonchev–Trinajstić information content (AvgIpc) is 0.748. The van der Waals surface area contributed by atoms with Crippen LogP contribution in [0.25, 0.3) is 0 Å². The van der Waals surface area contributed by atoms with Gasteiger partial charge in [0.2, 0.25) is 35.7 Å². The Kier molecular flexibility index (Phi) is 31.6. The number of hydrogen-bond acceptors (Lipinski definition) is 24. The lowest BCUT2D eigenvalue weighted by atomic mass is 9.77. The van der Waals surface area contributed by atoms with Gasteiger partial charge in [-0.2, -0.15) is 50.2 Å². The van der Waals surface area contributed by atoms with E-state index < -0.39 is 66.7 Å². The highest BCUT2D eigenvalue weighted by atomic mass is 16.7. The van der Waals surface area contributed by atoms with E-state index in [4.69, 9.17) is 49.3 Å². The summed E-state index contributed by atoms with van der Waals surface area (Å²) in [5.74, 6) is 3.81. The molecule has 0 aliphatic carbocycles. The van der Waals surface area contributed by atoms with Crippen molar-refractivity contribution in [3.05, 3.63) is 0 Å². The molecule has 6 rings (SSSR count). The van der Waals surface area contributed by atoms with E-state index in [2.05, 4.69) is 202 Å². The van der Waals surface area contributed by atoms with E-state index in [-0.39, 0.29) is 57.3 Å². The molecule has 4 N–H and O–H groups in total. The molecule has 0 bridgehead atoms. The van der Waals surface area contributed by atoms with Crippen molar-refractivity contribution in [1.29, 1.82) is 0 Å². The number of unbranched alkanes of at least 4 members (excludes halogenated alkanes) is 6. The van der Waals surface area contributed by atoms with E-state index in [1.165, 1.54) is 0 Å². The molecule has 620 valence electrons. The second kappa shape index (κ2) is 36.7. The lowest BCUT2D eigenvalue weighted by molar-refractivity contribution is -0.298. The van der Waals surface area contributed by atoms with Crippen LogP contribution in [-0.4, -0.2) is 234 Å². The van der Waals surface area contributed by atoms with Crippen molar-refractivity contribution < 1.29 is 39.8 Å². The zero-order chi connectivity index (χ0) is 80.5. The summed E-state index contributed by atoms with van der Waals surface area (Å²) in [6.07, 6.45) is 17.2. The number of hydroxylamine groups is 8. The maximum Gasteiger partial charge on any atom is 0.233 e. The molecule has 4 aliphatic rings. The van der Waals surface area contributed by atoms with E-state index >= 15 is 0 Å². The first-order valence-electron chi connectivity index (χ1n) is 41.9. The third kappa shape index (κ3) is 25.7. The first-order chi connectivity index (χ1) is 49.2. The van der Waals surface area contributed by atoms with Crippen LogP contribution in [0.15, 0.2) is 0 Å². The van der Waals surface area contributed by atoms with Crippen molar-refractivity contribution in [2.45, 2.75) is 427 Å². The number of anilines is 6. The number of nitrogens with zero attached hydrogens (tertiary/aromatic N) is 16. The van der Waals surface area contributed by atoms with Gasteiger partial charge in [-0.05, 0) is 256 Å². The molecule has 4 saturated heterocycles. The van der Waals surface area contributed by atoms with Crippen LogP contribution in [0, 0.1) is 0 Å². The Morgan fingerprint density at radius 2 is 0.458 bits per heavy atom. The van der Waals surface area contributed by atoms with Crippen molar-refractivity contribution in [2.24, 2.45) is 0 Å². The molecule has 4 aliphatic heterocycles. The van der Waals surface area contributed by atoms with E-state index in [9.17, 15) is 20.4 Å². The van der Waals surface area contributed by atoms with Crippen LogP contribution in [-0.2, 0) is 19.4 Å². The van der Waals surface area contributed by atoms with Gasteiger partial charge in [-0.1, -0.05) is 80.1 Å². The Morgan fingerprint density at radius 3 is 0.645 bits per heavy atom. The maximum atomic E-state index is 11.3. The number of rotatable bonds is 42. The van der Waals surface area contributed by atoms with Crippen LogP contribution in [0.3, 0.4) is 0 Å². The summed E-state index contributed by atoms with van der Waals surface area (Å²) >= 11 is 0. The normalized spacial score (nSPS) is 21.3. The summed E-state index contributed by atoms with van der Waals surface area (Å²) in [6, 6.07) is -0.452. The van der Waals surface area contributed by atoms with Crippen LogP contribution in [0.2, 0.25) is 0 Å². The Morgan fingerprint density at radius 1 is 0.290 bits per heavy atom. The van der Waals surface area contributed by atoms with Crippen molar-refractivity contribution in [2.75, 3.05) is 102 Å². The summed E-state index contributed by atoms with van der Waals surface area (Å²) in [5, 5.41) is 53.4. The molecule has 0 spiro atoms. The Bertz CT molecular complexity index is 2740. The van der Waals surface area contributed by atoms with Crippen molar-refractivity contribution >= 4 is 35.7 Å². The van der Waals surface area contributed by atoms with Gasteiger partial charge in [0.25, 0.3) is 0 Å². The minimum Gasteiger partial charge on any atom is -0.388 e. The molecular formula is C83H160N16O8. The molecular weight excluding hydrogens is 1350 g/mol. The topological polar surface area (TPSA) is 228 Å². The molecule has 6 heterocycles. The third-order valence-corrected chi connectivity index (χ3v) is 22.0. The highest BCUT2D eigenvalue weighted by Crippen LogP contribution is 2.48. The first kappa shape index (κ1) is 92.2. The van der Waals surface area contributed by atoms with Crippen molar-refractivity contribution in [1.82, 2.24) is 50.2 Å². The monoisotopic (exact) mass is 1510 g/mol. The van der Waals surface area contributed by atoms with E-state index in [1.807, 2.05) is 0 Å². The van der Waals surface area contributed by atoms with Gasteiger partial charge in [0.05, 0.1) is 55.5 Å². The SMILES string of the molecule is CCCCN(CCCC)c1nc(N(CCCC)C2CC(C)(C)N(OCC(C)(C)O)C(C)(C)C2)nc(N(CN(c2nc(N(CCCC)CCCC)nc(N(CCCC)C3CC(C)(C)N(OCC(C)(C)O)C(C)(C)C3)n2)C2CC(C)(C)N(OCC(C)(C)O)C(C)(C)C2)C2CC(C)(C)N(OCC(C)(C)O)C(C)(C)C2)n1. The first-order valence-corrected chi connectivity index (χ1v) is 41.9. The average molecular weight is 1510 g/mol. The minimum absolute atomic E-state index is 0.00620. The lowest BCUT2D eigenvalue weighted by Crippen LogP contribution is -2.67. The number of hydrogen-bond donors (Lipinski definition) is 4. The largest absolute Gasteiger partial charge is 0.388 e. The number of aromatic nitrogens is 6. The Hall–Kier alpha value is -3.66. The molecule has 0 aromatic carbocycles. The Labute approximate surface area is 651 Å². The molecule has 0 saturated carbocycles. The second-order valence-corrected chi connectivity index (χ2v) is 40.3. The predicted octanol–water partition coefficient (Wildman–Crippen LogP) is 15.2. The summed E-state index contributed by atoms with van der Waals surface area (Å²) in [5.41, 5.74) is -8.37. The van der Waals surface area contributed by atoms with Crippen LogP contribution in [0.1, 0.15) is 336 Å². The molecule has 0 amide bonds. The van der Waals surface area contributed by atoms with Gasteiger partial charge >= 0.3 is 0 Å². The van der Waals surface area contributed by atoms with E-state index in [0.29, 0.717) is 61.4 Å². The number of aliphatic hydroxyl groups is 4. The van der Waals surface area contributed by atoms with Crippen LogP contribution in [0.4, 0.5) is 35.7 Å². The maximum absolute atomic E-state index is 11.3. The minimum atomic E-state index is -1.08. The smallest absolute Gasteiger partial charge is 0.233 e. The molecule has 2 aromatic rings. The lowest BCUT2D eigenvalue weighted by Gasteiger charge is -2.58. The predicted molar refractivity (Wildman–Crippen MR) is 439 cm³/mol. The Balaban J connectivity index is 1.80. The summed E-state index contributed by atoms with van der Waals surface area (Å²) in [4.78, 5) is 77.5. The molecule has 4 fully saturated rings. The van der Waals surface area contributed by atoms with Gasteiger partial charge in [-0.3, -0.25) is 19.4 Å². The second-order valence-electron chi connectivity index (χ2n) is 40.3. The van der Waals surface area contributed by atoms with Crippen LogP contribution >= 0.6 is 0 Å². The summed E-state index contributed by atoms with van der Waals surface area (Å²) in [6.45, 7) is 69.7. The van der Waals surface area contributed by atoms with Gasteiger partial charge in [0.1, 0.15) is 0 Å². The molecule has 24 nitrogen and oxygen atoms in total. The van der Waals surface area contributed by atoms with Crippen molar-refractivity contribution in [3.8, 4) is 0 Å². The molecule has 107 heavy (non-hydrogen) atoms. The fraction of sp³-hybridized carbons (Fsp3) is 0.928. The van der Waals surface area contributed by atoms with Gasteiger partial charge in [0.15, 0.2) is 0 Å². The molecule has 0 radical (unpaired) electrons. The van der Waals surface area contributed by atoms with E-state index in [1.54, 1.807) is 55.4 Å². The standard InChI is InChI=1S/C83H160N16O8/c1-31-37-43-90(44-38-32-2)66-84-68(92(47-41-35-5)62-49-72(7,8)96(73(9,10)50-62)104-57-80(23,24)100)88-70(86-66)94(64-53-76(15,16)98(77(17,18)54-64)106-59-82(27,28)102)61-95(65-55-78(19,20)99(79(21,22)56-65)107-60-83(29,30)103)71-87-67(91(45-39-33-3)46-40-34-4)85-69(89-71)93(48-42-36-6)63-51-74(11,12)97(75(13,14)52-63)105-58-81(25,26)101/h62-65,100-103H,31-61H2,1-30H3. The zero-order valence-corrected chi connectivity index (χ0v) is 73.8. The molecule has 2 aromatic heterocycles. The molecule has 0 atom stereocenters. The van der Waals surface area contributed by atoms with Crippen LogP contribution < -0.4 is 29.4 Å². The van der Waals surface area contributed by atoms with Gasteiger partial charge in [0, 0.05) is 108 Å². The summed E-state index contributed by atoms with van der Waals surface area (Å²) in [7, 11) is 0. The van der Waals surface area contributed by atoms with Gasteiger partial charge in [-0.25, -0.2) is 0 Å². The zero-order valence-electron chi connectivity index (χ0n) is 73.8. The fourth-order valence-corrected chi connectivity index (χ4v) is 17.9. The summed E-state index contributed by atoms with van der Waals surface area (Å²) < 4.78 is 0. The van der Waals surface area contributed by atoms with E-state index in [0.717, 1.165) is 142 Å². The third-order valence-electron chi connectivity index (χ3n) is 22.0. The number of piperidine rings is 4. The molecule has 24 heteroatoms. The van der Waals surface area contributed by atoms with Crippen molar-refractivity contribution in [3.63, 3.8) is 0 Å². The van der Waals surface area contributed by atoms with Crippen LogP contribution in [0.5, 0.6) is 0 Å². The highest BCUT2D eigenvalue weighted by Gasteiger charge is 2.55. The highest BCUT2D eigenvalue weighted by molar-refractivity contribution is 5.53. The fourth-order valence-electron chi connectivity index (χ4n) is 17.9. The van der Waals surface area contributed by atoms with Gasteiger partial charge in [-0.15, -0.1) is 0 Å².